The van der Waals surface area contributed by atoms with E-state index in [0.717, 1.165) is 6.42 Å². The quantitative estimate of drug-likeness (QED) is 0.672. The first-order valence-corrected chi connectivity index (χ1v) is 11.6. The van der Waals surface area contributed by atoms with Gasteiger partial charge in [-0.05, 0) is 0 Å². The van der Waals surface area contributed by atoms with Gasteiger partial charge in [0.25, 0.3) is 0 Å². The molecule has 21 heavy (non-hydrogen) atoms. The second-order valence-corrected chi connectivity index (χ2v) is 7.36. The van der Waals surface area contributed by atoms with E-state index in [9.17, 15) is 0 Å². The summed E-state index contributed by atoms with van der Waals surface area (Å²) in [5.74, 6) is 0. The van der Waals surface area contributed by atoms with Crippen LogP contribution in [0.1, 0.15) is 12.6 Å². The van der Waals surface area contributed by atoms with Gasteiger partial charge in [0.15, 0.2) is 0 Å². The van der Waals surface area contributed by atoms with Crippen LogP contribution in [0.5, 0.6) is 0 Å². The predicted molar refractivity (Wildman–Crippen MR) is 90.4 cm³/mol. The van der Waals surface area contributed by atoms with Crippen LogP contribution in [-0.4, -0.2) is 31.7 Å². The van der Waals surface area contributed by atoms with E-state index >= 15 is 0 Å². The molecule has 0 amide bonds. The summed E-state index contributed by atoms with van der Waals surface area (Å²) in [6.45, 7) is 2.22. The zero-order valence-electron chi connectivity index (χ0n) is 12.3. The van der Waals surface area contributed by atoms with Gasteiger partial charge in [-0.15, -0.1) is 0 Å². The molecule has 3 nitrogen and oxygen atoms in total. The van der Waals surface area contributed by atoms with Crippen LogP contribution in [0.25, 0.3) is 16.9 Å². The molecule has 0 spiro atoms. The summed E-state index contributed by atoms with van der Waals surface area (Å²) < 4.78 is 4.32. The van der Waals surface area contributed by atoms with Gasteiger partial charge < -0.3 is 0 Å². The monoisotopic (exact) mass is 352 g/mol. The van der Waals surface area contributed by atoms with Gasteiger partial charge in [-0.25, -0.2) is 0 Å². The zero-order valence-corrected chi connectivity index (χ0v) is 16.1. The van der Waals surface area contributed by atoms with Gasteiger partial charge in [0.05, 0.1) is 0 Å². The molecule has 0 atom stereocenters. The zero-order chi connectivity index (χ0) is 14.8. The van der Waals surface area contributed by atoms with E-state index < -0.39 is 0 Å². The standard InChI is InChI=1S/C16H17N3S.Ga.H/c1-3-13-16(20)15(19-11-7-10-17-19)14(18(13)2)12-8-5-4-6-9-12;;/h4-11,20H,3H2,1-2H3;;/q;+1;/p-1. The number of aromatic nitrogens is 3. The van der Waals surface area contributed by atoms with Gasteiger partial charge in [0.2, 0.25) is 0 Å². The second kappa shape index (κ2) is 6.21. The van der Waals surface area contributed by atoms with E-state index in [4.69, 9.17) is 0 Å². The molecule has 2 heterocycles. The Bertz CT molecular complexity index is 733. The molecule has 0 aliphatic rings. The van der Waals surface area contributed by atoms with Crippen LogP contribution in [-0.2, 0) is 13.5 Å². The molecule has 0 aliphatic carbocycles. The van der Waals surface area contributed by atoms with Gasteiger partial charge in [0, 0.05) is 0 Å². The molecule has 3 aromatic rings. The summed E-state index contributed by atoms with van der Waals surface area (Å²) in [7, 11) is 4.08. The number of rotatable bonds is 4. The fourth-order valence-corrected chi connectivity index (χ4v) is 5.46. The fraction of sp³-hybridized carbons (Fsp3) is 0.188. The maximum atomic E-state index is 4.47. The van der Waals surface area contributed by atoms with Crippen molar-refractivity contribution in [2.75, 3.05) is 0 Å². The van der Waals surface area contributed by atoms with Crippen LogP contribution in [0.15, 0.2) is 53.7 Å². The van der Waals surface area contributed by atoms with Crippen LogP contribution in [0.4, 0.5) is 0 Å². The van der Waals surface area contributed by atoms with Crippen LogP contribution >= 0.6 is 9.70 Å². The third kappa shape index (κ3) is 2.50. The Morgan fingerprint density at radius 3 is 2.52 bits per heavy atom. The molecule has 0 saturated carbocycles. The molecule has 0 N–H and O–H groups in total. The van der Waals surface area contributed by atoms with E-state index in [1.54, 1.807) is 0 Å². The van der Waals surface area contributed by atoms with Gasteiger partial charge in [-0.3, -0.25) is 0 Å². The predicted octanol–water partition coefficient (Wildman–Crippen LogP) is 3.35. The molecule has 105 valence electrons. The third-order valence-electron chi connectivity index (χ3n) is 3.70. The van der Waals surface area contributed by atoms with E-state index in [1.807, 2.05) is 32.8 Å². The summed E-state index contributed by atoms with van der Waals surface area (Å²) >= 11 is 1.18. The fourth-order valence-electron chi connectivity index (χ4n) is 2.78. The number of benzene rings is 1. The number of nitrogens with zero attached hydrogens (tertiary/aromatic N) is 3. The Labute approximate surface area is 138 Å². The van der Waals surface area contributed by atoms with Crippen molar-refractivity contribution < 1.29 is 0 Å². The maximum absolute atomic E-state index is 4.47. The first kappa shape index (κ1) is 14.6. The molecular weight excluding hydrogens is 336 g/mol. The van der Waals surface area contributed by atoms with Crippen molar-refractivity contribution in [3.63, 3.8) is 0 Å². The summed E-state index contributed by atoms with van der Waals surface area (Å²) in [6.07, 6.45) is 4.90. The Morgan fingerprint density at radius 1 is 1.19 bits per heavy atom. The molecule has 2 aromatic heterocycles. The molecule has 0 saturated heterocycles. The summed E-state index contributed by atoms with van der Waals surface area (Å²) in [4.78, 5) is 1.36. The molecule has 1 aromatic carbocycles. The van der Waals surface area contributed by atoms with Crippen LogP contribution in [0, 0.1) is 0 Å². The summed E-state index contributed by atoms with van der Waals surface area (Å²) in [6, 6.07) is 12.6. The second-order valence-electron chi connectivity index (χ2n) is 4.85. The van der Waals surface area contributed by atoms with E-state index in [1.165, 1.54) is 44.9 Å². The number of hydrogen-bond donors (Lipinski definition) is 0. The van der Waals surface area contributed by atoms with Crippen LogP contribution < -0.4 is 0 Å². The Balaban J connectivity index is 2.35. The molecule has 0 bridgehead atoms. The van der Waals surface area contributed by atoms with Crippen molar-refractivity contribution in [3.05, 3.63) is 54.5 Å². The molecule has 0 unspecified atom stereocenters. The Morgan fingerprint density at radius 2 is 1.95 bits per heavy atom. The summed E-state index contributed by atoms with van der Waals surface area (Å²) in [5, 5.41) is 4.47. The SMILES string of the molecule is CCc1c([S][GaH])c(-n2cccn2)c(-c2ccccc2)n1C. The van der Waals surface area contributed by atoms with E-state index in [0.29, 0.717) is 0 Å². The first-order valence-electron chi connectivity index (χ1n) is 6.97. The normalized spacial score (nSPS) is 11.0. The van der Waals surface area contributed by atoms with Crippen molar-refractivity contribution in [3.8, 4) is 16.9 Å². The van der Waals surface area contributed by atoms with E-state index in [-0.39, 0.29) is 0 Å². The number of hydrogen-bond acceptors (Lipinski definition) is 2. The van der Waals surface area contributed by atoms with Crippen molar-refractivity contribution in [1.82, 2.24) is 14.3 Å². The molecular formula is C16H17GaN3S. The molecule has 0 fully saturated rings. The van der Waals surface area contributed by atoms with Gasteiger partial charge in [-0.1, -0.05) is 0 Å². The van der Waals surface area contributed by atoms with Gasteiger partial charge >= 0.3 is 138 Å². The van der Waals surface area contributed by atoms with Crippen molar-refractivity contribution >= 4 is 27.1 Å². The van der Waals surface area contributed by atoms with Crippen LogP contribution in [0.3, 0.4) is 0 Å². The topological polar surface area (TPSA) is 22.8 Å². The molecule has 5 heteroatoms. The molecule has 1 radical (unpaired) electrons. The minimum atomic E-state index is 1.03. The Kier molecular flexibility index (Phi) is 4.33. The molecule has 3 rings (SSSR count). The van der Waals surface area contributed by atoms with Crippen molar-refractivity contribution in [2.45, 2.75) is 18.2 Å². The first-order chi connectivity index (χ1) is 10.3. The minimum absolute atomic E-state index is 1.03. The summed E-state index contributed by atoms with van der Waals surface area (Å²) in [5.41, 5.74) is 5.07. The Hall–Kier alpha value is -1.30. The molecule has 0 aliphatic heterocycles. The van der Waals surface area contributed by atoms with Gasteiger partial charge in [-0.2, -0.15) is 0 Å². The van der Waals surface area contributed by atoms with Crippen molar-refractivity contribution in [2.24, 2.45) is 7.05 Å². The van der Waals surface area contributed by atoms with E-state index in [2.05, 4.69) is 54.0 Å². The van der Waals surface area contributed by atoms with Crippen molar-refractivity contribution in [1.29, 1.82) is 0 Å². The average molecular weight is 353 g/mol. The third-order valence-corrected chi connectivity index (χ3v) is 6.24. The van der Waals surface area contributed by atoms with Crippen LogP contribution in [0.2, 0.25) is 0 Å². The average Bonchev–Trinajstić information content (AvgIpc) is 3.13. The van der Waals surface area contributed by atoms with Gasteiger partial charge in [0.1, 0.15) is 0 Å².